The van der Waals surface area contributed by atoms with Crippen molar-refractivity contribution in [2.24, 2.45) is 0 Å². The lowest BCUT2D eigenvalue weighted by Crippen LogP contribution is -2.37. The highest BCUT2D eigenvalue weighted by molar-refractivity contribution is 5.96. The minimum atomic E-state index is -3.11. The third-order valence-electron chi connectivity index (χ3n) is 3.79. The van der Waals surface area contributed by atoms with Crippen LogP contribution in [0.15, 0.2) is 48.5 Å². The Morgan fingerprint density at radius 2 is 1.72 bits per heavy atom. The number of carbonyl (C=O) groups excluding carboxylic acids is 3. The maximum atomic E-state index is 12.4. The molecule has 29 heavy (non-hydrogen) atoms. The summed E-state index contributed by atoms with van der Waals surface area (Å²) in [6.07, 6.45) is 0. The molecule has 0 bridgehead atoms. The molecule has 0 aliphatic carbocycles. The van der Waals surface area contributed by atoms with Crippen molar-refractivity contribution in [2.75, 3.05) is 25.5 Å². The van der Waals surface area contributed by atoms with Crippen molar-refractivity contribution >= 4 is 23.5 Å². The lowest BCUT2D eigenvalue weighted by molar-refractivity contribution is -0.136. The van der Waals surface area contributed by atoms with Crippen molar-refractivity contribution < 1.29 is 32.6 Å². The van der Waals surface area contributed by atoms with Gasteiger partial charge in [-0.05, 0) is 31.2 Å². The largest absolute Gasteiger partial charge is 0.452 e. The number of benzene rings is 2. The fourth-order valence-corrected chi connectivity index (χ4v) is 2.29. The molecule has 0 radical (unpaired) electrons. The van der Waals surface area contributed by atoms with Crippen LogP contribution < -0.4 is 10.1 Å². The van der Waals surface area contributed by atoms with Gasteiger partial charge in [0.05, 0.1) is 6.54 Å². The Morgan fingerprint density at radius 3 is 2.38 bits per heavy atom. The highest BCUT2D eigenvalue weighted by Gasteiger charge is 2.19. The second-order valence-electron chi connectivity index (χ2n) is 6.11. The van der Waals surface area contributed by atoms with Crippen LogP contribution in [0, 0.1) is 6.92 Å². The average Bonchev–Trinajstić information content (AvgIpc) is 2.67. The van der Waals surface area contributed by atoms with E-state index in [0.29, 0.717) is 5.69 Å². The molecule has 0 aliphatic rings. The number of hydrogen-bond donors (Lipinski definition) is 1. The Kier molecular flexibility index (Phi) is 7.64. The van der Waals surface area contributed by atoms with Gasteiger partial charge in [0.2, 0.25) is 5.91 Å². The Hall–Kier alpha value is -3.49. The number of likely N-dealkylation sites (N-methyl/N-ethyl adjacent to an activating group) is 1. The second kappa shape index (κ2) is 10.2. The van der Waals surface area contributed by atoms with Gasteiger partial charge in [-0.25, -0.2) is 4.79 Å². The van der Waals surface area contributed by atoms with Crippen LogP contribution in [-0.4, -0.2) is 49.5 Å². The smallest absolute Gasteiger partial charge is 0.387 e. The van der Waals surface area contributed by atoms with Crippen LogP contribution in [0.4, 0.5) is 14.5 Å². The van der Waals surface area contributed by atoms with Crippen LogP contribution in [0.2, 0.25) is 0 Å². The number of rotatable bonds is 8. The van der Waals surface area contributed by atoms with Crippen molar-refractivity contribution in [1.29, 1.82) is 0 Å². The number of alkyl halides is 2. The zero-order valence-electron chi connectivity index (χ0n) is 15.9. The van der Waals surface area contributed by atoms with Crippen LogP contribution in [0.5, 0.6) is 5.75 Å². The summed E-state index contributed by atoms with van der Waals surface area (Å²) in [6.45, 7) is -2.10. The number of para-hydroxylation sites is 1. The molecule has 2 rings (SSSR count). The first-order valence-electron chi connectivity index (χ1n) is 8.57. The number of ether oxygens (including phenoxy) is 2. The molecule has 9 heteroatoms. The van der Waals surface area contributed by atoms with Crippen molar-refractivity contribution in [2.45, 2.75) is 13.5 Å². The molecule has 2 aromatic rings. The van der Waals surface area contributed by atoms with Gasteiger partial charge >= 0.3 is 12.6 Å². The number of nitrogens with zero attached hydrogens (tertiary/aromatic N) is 1. The molecule has 2 amide bonds. The number of hydrogen-bond acceptors (Lipinski definition) is 5. The summed E-state index contributed by atoms with van der Waals surface area (Å²) in [4.78, 5) is 37.3. The normalized spacial score (nSPS) is 10.4. The van der Waals surface area contributed by atoms with E-state index in [2.05, 4.69) is 10.1 Å². The third-order valence-corrected chi connectivity index (χ3v) is 3.79. The highest BCUT2D eigenvalue weighted by Crippen LogP contribution is 2.21. The fraction of sp³-hybridized carbons (Fsp3) is 0.250. The van der Waals surface area contributed by atoms with E-state index in [9.17, 15) is 23.2 Å². The maximum absolute atomic E-state index is 12.4. The van der Waals surface area contributed by atoms with Crippen LogP contribution in [0.25, 0.3) is 0 Å². The minimum Gasteiger partial charge on any atom is -0.452 e. The summed E-state index contributed by atoms with van der Waals surface area (Å²) in [6, 6.07) is 12.4. The van der Waals surface area contributed by atoms with Gasteiger partial charge in [-0.2, -0.15) is 8.78 Å². The van der Waals surface area contributed by atoms with E-state index in [4.69, 9.17) is 4.74 Å². The zero-order chi connectivity index (χ0) is 21.4. The summed E-state index contributed by atoms with van der Waals surface area (Å²) in [5.41, 5.74) is 1.39. The van der Waals surface area contributed by atoms with Gasteiger partial charge in [0.1, 0.15) is 11.3 Å². The summed E-state index contributed by atoms with van der Waals surface area (Å²) < 4.78 is 33.9. The SMILES string of the molecule is Cc1ccc(NC(=O)CN(C)C(=O)COC(=O)c2ccccc2OC(F)F)cc1. The molecule has 0 spiro atoms. The molecule has 154 valence electrons. The monoisotopic (exact) mass is 406 g/mol. The first-order chi connectivity index (χ1) is 13.8. The molecule has 0 aromatic heterocycles. The summed E-state index contributed by atoms with van der Waals surface area (Å²) in [5.74, 6) is -2.41. The standard InChI is InChI=1S/C20H20F2N2O5/c1-13-7-9-14(10-8-13)23-17(25)11-24(2)18(26)12-28-19(27)15-5-3-4-6-16(15)29-20(21)22/h3-10,20H,11-12H2,1-2H3,(H,23,25). The van der Waals surface area contributed by atoms with Crippen LogP contribution in [0.3, 0.4) is 0 Å². The summed E-state index contributed by atoms with van der Waals surface area (Å²) in [7, 11) is 1.37. The van der Waals surface area contributed by atoms with Crippen molar-refractivity contribution in [1.82, 2.24) is 4.90 Å². The van der Waals surface area contributed by atoms with Crippen LogP contribution >= 0.6 is 0 Å². The Labute approximate surface area is 166 Å². The molecule has 0 saturated carbocycles. The van der Waals surface area contributed by atoms with E-state index in [1.165, 1.54) is 31.3 Å². The molecule has 1 N–H and O–H groups in total. The van der Waals surface area contributed by atoms with Gasteiger partial charge in [0.25, 0.3) is 5.91 Å². The first-order valence-corrected chi connectivity index (χ1v) is 8.57. The molecule has 2 aromatic carbocycles. The van der Waals surface area contributed by atoms with E-state index in [-0.39, 0.29) is 17.9 Å². The van der Waals surface area contributed by atoms with Crippen LogP contribution in [0.1, 0.15) is 15.9 Å². The predicted octanol–water partition coefficient (Wildman–Crippen LogP) is 2.85. The number of amides is 2. The van der Waals surface area contributed by atoms with E-state index >= 15 is 0 Å². The van der Waals surface area contributed by atoms with Gasteiger partial charge in [-0.1, -0.05) is 29.8 Å². The number of aryl methyl sites for hydroxylation is 1. The Balaban J connectivity index is 1.86. The van der Waals surface area contributed by atoms with Crippen molar-refractivity contribution in [3.63, 3.8) is 0 Å². The maximum Gasteiger partial charge on any atom is 0.387 e. The van der Waals surface area contributed by atoms with Crippen LogP contribution in [-0.2, 0) is 14.3 Å². The lowest BCUT2D eigenvalue weighted by atomic mass is 10.2. The Bertz CT molecular complexity index is 871. The molecule has 7 nitrogen and oxygen atoms in total. The fourth-order valence-electron chi connectivity index (χ4n) is 2.29. The van der Waals surface area contributed by atoms with Crippen molar-refractivity contribution in [3.8, 4) is 5.75 Å². The van der Waals surface area contributed by atoms with Gasteiger partial charge in [0, 0.05) is 12.7 Å². The van der Waals surface area contributed by atoms with E-state index < -0.39 is 31.0 Å². The molecule has 0 aliphatic heterocycles. The lowest BCUT2D eigenvalue weighted by Gasteiger charge is -2.17. The number of nitrogens with one attached hydrogen (secondary N) is 1. The quantitative estimate of drug-likeness (QED) is 0.682. The van der Waals surface area contributed by atoms with E-state index in [0.717, 1.165) is 10.5 Å². The first kappa shape index (κ1) is 21.8. The molecular weight excluding hydrogens is 386 g/mol. The zero-order valence-corrected chi connectivity index (χ0v) is 15.9. The van der Waals surface area contributed by atoms with Gasteiger partial charge < -0.3 is 19.7 Å². The van der Waals surface area contributed by atoms with Gasteiger partial charge in [-0.15, -0.1) is 0 Å². The average molecular weight is 406 g/mol. The molecule has 0 fully saturated rings. The topological polar surface area (TPSA) is 84.9 Å². The van der Waals surface area contributed by atoms with Crippen molar-refractivity contribution in [3.05, 3.63) is 59.7 Å². The highest BCUT2D eigenvalue weighted by atomic mass is 19.3. The summed E-state index contributed by atoms with van der Waals surface area (Å²) in [5, 5.41) is 2.64. The van der Waals surface area contributed by atoms with E-state index in [1.54, 1.807) is 12.1 Å². The third kappa shape index (κ3) is 6.87. The number of anilines is 1. The number of halogens is 2. The minimum absolute atomic E-state index is 0.236. The molecular formula is C20H20F2N2O5. The van der Waals surface area contributed by atoms with Gasteiger partial charge in [0.15, 0.2) is 6.61 Å². The molecule has 0 unspecified atom stereocenters. The molecule has 0 atom stereocenters. The predicted molar refractivity (Wildman–Crippen MR) is 101 cm³/mol. The molecule has 0 saturated heterocycles. The Morgan fingerprint density at radius 1 is 1.07 bits per heavy atom. The van der Waals surface area contributed by atoms with Gasteiger partial charge in [-0.3, -0.25) is 9.59 Å². The second-order valence-corrected chi connectivity index (χ2v) is 6.11. The van der Waals surface area contributed by atoms with E-state index in [1.807, 2.05) is 19.1 Å². The number of esters is 1. The summed E-state index contributed by atoms with van der Waals surface area (Å²) >= 11 is 0. The molecule has 0 heterocycles. The number of carbonyl (C=O) groups is 3.